The van der Waals surface area contributed by atoms with Gasteiger partial charge in [0.05, 0.1) is 0 Å². The standard InChI is InChI=1S/C19H18INO/c1-19(2)15-6-4-5-7-16(15)21(3)18(19)12-17(22)13-8-10-14(20)11-9-13/h4-12H,1-3H3. The zero-order valence-electron chi connectivity index (χ0n) is 12.9. The molecule has 112 valence electrons. The Kier molecular flexibility index (Phi) is 3.85. The number of ketones is 1. The minimum absolute atomic E-state index is 0.0548. The SMILES string of the molecule is CN1C(=CC(=O)c2ccc(I)cc2)C(C)(C)c2ccccc21. The lowest BCUT2D eigenvalue weighted by Crippen LogP contribution is -2.24. The molecule has 1 heterocycles. The molecule has 0 fully saturated rings. The van der Waals surface area contributed by atoms with Crippen molar-refractivity contribution >= 4 is 34.1 Å². The number of para-hydroxylation sites is 1. The molecule has 0 aliphatic carbocycles. The summed E-state index contributed by atoms with van der Waals surface area (Å²) in [7, 11) is 2.03. The van der Waals surface area contributed by atoms with E-state index in [-0.39, 0.29) is 11.2 Å². The molecular formula is C19H18INO. The quantitative estimate of drug-likeness (QED) is 0.409. The van der Waals surface area contributed by atoms with Crippen molar-refractivity contribution in [2.75, 3.05) is 11.9 Å². The van der Waals surface area contributed by atoms with Crippen molar-refractivity contribution < 1.29 is 4.79 Å². The van der Waals surface area contributed by atoms with Gasteiger partial charge in [-0.3, -0.25) is 4.79 Å². The van der Waals surface area contributed by atoms with Crippen LogP contribution in [0.1, 0.15) is 29.8 Å². The minimum atomic E-state index is -0.162. The number of halogens is 1. The van der Waals surface area contributed by atoms with Gasteiger partial charge in [0, 0.05) is 39.1 Å². The van der Waals surface area contributed by atoms with Crippen LogP contribution in [0.5, 0.6) is 0 Å². The lowest BCUT2D eigenvalue weighted by molar-refractivity contribution is 0.104. The molecule has 0 bridgehead atoms. The van der Waals surface area contributed by atoms with Gasteiger partial charge in [-0.05, 0) is 46.4 Å². The first-order chi connectivity index (χ1) is 10.4. The van der Waals surface area contributed by atoms with E-state index in [0.717, 1.165) is 14.8 Å². The van der Waals surface area contributed by atoms with Crippen molar-refractivity contribution in [1.82, 2.24) is 0 Å². The van der Waals surface area contributed by atoms with E-state index in [1.807, 2.05) is 37.4 Å². The first-order valence-electron chi connectivity index (χ1n) is 7.26. The molecule has 0 saturated heterocycles. The molecule has 0 amide bonds. The third kappa shape index (κ3) is 2.47. The zero-order chi connectivity index (χ0) is 15.9. The van der Waals surface area contributed by atoms with Crippen molar-refractivity contribution in [2.45, 2.75) is 19.3 Å². The highest BCUT2D eigenvalue weighted by molar-refractivity contribution is 14.1. The van der Waals surface area contributed by atoms with Crippen LogP contribution in [0.15, 0.2) is 60.3 Å². The number of rotatable bonds is 2. The maximum absolute atomic E-state index is 12.6. The van der Waals surface area contributed by atoms with E-state index in [4.69, 9.17) is 0 Å². The Morgan fingerprint density at radius 3 is 2.36 bits per heavy atom. The van der Waals surface area contributed by atoms with Gasteiger partial charge in [0.1, 0.15) is 0 Å². The Hall–Kier alpha value is -1.62. The number of likely N-dealkylation sites (N-methyl/N-ethyl adjacent to an activating group) is 1. The fourth-order valence-corrected chi connectivity index (χ4v) is 3.44. The summed E-state index contributed by atoms with van der Waals surface area (Å²) in [6, 6.07) is 16.0. The number of hydrogen-bond acceptors (Lipinski definition) is 2. The molecule has 2 aromatic carbocycles. The van der Waals surface area contributed by atoms with Crippen LogP contribution in [0.3, 0.4) is 0 Å². The van der Waals surface area contributed by atoms with Crippen molar-refractivity contribution in [1.29, 1.82) is 0 Å². The van der Waals surface area contributed by atoms with Crippen LogP contribution in [0.4, 0.5) is 5.69 Å². The topological polar surface area (TPSA) is 20.3 Å². The molecule has 2 nitrogen and oxygen atoms in total. The smallest absolute Gasteiger partial charge is 0.187 e. The highest BCUT2D eigenvalue weighted by atomic mass is 127. The summed E-state index contributed by atoms with van der Waals surface area (Å²) in [5.41, 5.74) is 4.04. The molecule has 0 saturated carbocycles. The van der Waals surface area contributed by atoms with Gasteiger partial charge in [0.2, 0.25) is 0 Å². The van der Waals surface area contributed by atoms with Crippen LogP contribution in [0, 0.1) is 3.57 Å². The van der Waals surface area contributed by atoms with Crippen molar-refractivity contribution in [3.05, 3.63) is 75.0 Å². The Labute approximate surface area is 145 Å². The van der Waals surface area contributed by atoms with Gasteiger partial charge in [-0.2, -0.15) is 0 Å². The molecule has 0 radical (unpaired) electrons. The normalized spacial score (nSPS) is 17.6. The second-order valence-electron chi connectivity index (χ2n) is 6.10. The molecular weight excluding hydrogens is 385 g/mol. The maximum Gasteiger partial charge on any atom is 0.187 e. The van der Waals surface area contributed by atoms with Crippen LogP contribution in [0.25, 0.3) is 0 Å². The van der Waals surface area contributed by atoms with Gasteiger partial charge >= 0.3 is 0 Å². The van der Waals surface area contributed by atoms with Gasteiger partial charge < -0.3 is 4.90 Å². The number of allylic oxidation sites excluding steroid dienone is 2. The molecule has 3 rings (SSSR count). The van der Waals surface area contributed by atoms with E-state index in [9.17, 15) is 4.79 Å². The number of hydrogen-bond donors (Lipinski definition) is 0. The second-order valence-corrected chi connectivity index (χ2v) is 7.35. The van der Waals surface area contributed by atoms with Crippen molar-refractivity contribution in [3.8, 4) is 0 Å². The summed E-state index contributed by atoms with van der Waals surface area (Å²) in [4.78, 5) is 14.7. The fraction of sp³-hybridized carbons (Fsp3) is 0.211. The number of anilines is 1. The monoisotopic (exact) mass is 403 g/mol. The average molecular weight is 403 g/mol. The molecule has 1 aliphatic heterocycles. The van der Waals surface area contributed by atoms with E-state index in [2.05, 4.69) is 59.5 Å². The predicted molar refractivity (Wildman–Crippen MR) is 99.4 cm³/mol. The van der Waals surface area contributed by atoms with E-state index in [1.54, 1.807) is 6.08 Å². The molecule has 2 aromatic rings. The molecule has 0 aromatic heterocycles. The largest absolute Gasteiger partial charge is 0.347 e. The van der Waals surface area contributed by atoms with Crippen LogP contribution < -0.4 is 4.90 Å². The number of fused-ring (bicyclic) bond motifs is 1. The Morgan fingerprint density at radius 1 is 1.09 bits per heavy atom. The molecule has 22 heavy (non-hydrogen) atoms. The lowest BCUT2D eigenvalue weighted by Gasteiger charge is -2.24. The second kappa shape index (κ2) is 5.54. The third-order valence-electron chi connectivity index (χ3n) is 4.34. The highest BCUT2D eigenvalue weighted by Crippen LogP contribution is 2.46. The van der Waals surface area contributed by atoms with E-state index in [0.29, 0.717) is 0 Å². The van der Waals surface area contributed by atoms with E-state index in [1.165, 1.54) is 11.3 Å². The third-order valence-corrected chi connectivity index (χ3v) is 5.06. The van der Waals surface area contributed by atoms with Crippen LogP contribution in [0.2, 0.25) is 0 Å². The Morgan fingerprint density at radius 2 is 1.73 bits per heavy atom. The van der Waals surface area contributed by atoms with Gasteiger partial charge in [0.25, 0.3) is 0 Å². The van der Waals surface area contributed by atoms with Gasteiger partial charge in [-0.1, -0.05) is 44.2 Å². The predicted octanol–water partition coefficient (Wildman–Crippen LogP) is 4.79. The molecule has 0 unspecified atom stereocenters. The first-order valence-corrected chi connectivity index (χ1v) is 8.34. The average Bonchev–Trinajstić information content (AvgIpc) is 2.69. The molecule has 0 N–H and O–H groups in total. The molecule has 3 heteroatoms. The number of benzene rings is 2. The summed E-state index contributed by atoms with van der Waals surface area (Å²) >= 11 is 2.24. The molecule has 1 aliphatic rings. The Balaban J connectivity index is 2.01. The molecule has 0 spiro atoms. The molecule has 0 atom stereocenters. The van der Waals surface area contributed by atoms with Crippen LogP contribution >= 0.6 is 22.6 Å². The lowest BCUT2D eigenvalue weighted by atomic mass is 9.83. The van der Waals surface area contributed by atoms with Crippen LogP contribution in [-0.4, -0.2) is 12.8 Å². The number of carbonyl (C=O) groups excluding carboxylic acids is 1. The van der Waals surface area contributed by atoms with Crippen LogP contribution in [-0.2, 0) is 5.41 Å². The van der Waals surface area contributed by atoms with Crippen molar-refractivity contribution in [3.63, 3.8) is 0 Å². The summed E-state index contributed by atoms with van der Waals surface area (Å²) in [5.74, 6) is 0.0548. The summed E-state index contributed by atoms with van der Waals surface area (Å²) in [5, 5.41) is 0. The van der Waals surface area contributed by atoms with Gasteiger partial charge in [-0.25, -0.2) is 0 Å². The maximum atomic E-state index is 12.6. The van der Waals surface area contributed by atoms with Gasteiger partial charge in [0.15, 0.2) is 5.78 Å². The fourth-order valence-electron chi connectivity index (χ4n) is 3.08. The summed E-state index contributed by atoms with van der Waals surface area (Å²) < 4.78 is 1.13. The summed E-state index contributed by atoms with van der Waals surface area (Å²) in [6.45, 7) is 4.34. The summed E-state index contributed by atoms with van der Waals surface area (Å²) in [6.07, 6.45) is 1.78. The zero-order valence-corrected chi connectivity index (χ0v) is 15.1. The van der Waals surface area contributed by atoms with Gasteiger partial charge in [-0.15, -0.1) is 0 Å². The van der Waals surface area contributed by atoms with E-state index < -0.39 is 0 Å². The number of nitrogens with zero attached hydrogens (tertiary/aromatic N) is 1. The van der Waals surface area contributed by atoms with Crippen molar-refractivity contribution in [2.24, 2.45) is 0 Å². The minimum Gasteiger partial charge on any atom is -0.347 e. The van der Waals surface area contributed by atoms with E-state index >= 15 is 0 Å². The highest BCUT2D eigenvalue weighted by Gasteiger charge is 2.38. The number of carbonyl (C=O) groups is 1. The Bertz CT molecular complexity index is 759. The first kappa shape index (κ1) is 15.3.